The zero-order valence-electron chi connectivity index (χ0n) is 12.4. The maximum atomic E-state index is 5.37. The van der Waals surface area contributed by atoms with E-state index in [4.69, 9.17) is 9.47 Å². The highest BCUT2D eigenvalue weighted by Gasteiger charge is 2.23. The monoisotopic (exact) mass is 371 g/mol. The second kappa shape index (κ2) is 7.20. The van der Waals surface area contributed by atoms with Crippen molar-refractivity contribution in [3.8, 4) is 11.8 Å². The van der Waals surface area contributed by atoms with Crippen LogP contribution in [-0.4, -0.2) is 30.7 Å². The molecule has 2 heterocycles. The average Bonchev–Trinajstić information content (AvgIpc) is 2.83. The van der Waals surface area contributed by atoms with Crippen LogP contribution in [0.5, 0.6) is 11.8 Å². The molecule has 114 valence electrons. The first-order valence-electron chi connectivity index (χ1n) is 6.54. The van der Waals surface area contributed by atoms with Gasteiger partial charge in [-0.25, -0.2) is 4.98 Å². The van der Waals surface area contributed by atoms with Gasteiger partial charge < -0.3 is 14.8 Å². The Morgan fingerprint density at radius 1 is 1.38 bits per heavy atom. The first-order valence-corrected chi connectivity index (χ1v) is 8.15. The Morgan fingerprint density at radius 3 is 2.67 bits per heavy atom. The third-order valence-corrected chi connectivity index (χ3v) is 5.19. The van der Waals surface area contributed by atoms with Gasteiger partial charge in [-0.1, -0.05) is 6.92 Å². The van der Waals surface area contributed by atoms with Crippen LogP contribution in [-0.2, 0) is 0 Å². The molecular weight excluding hydrogens is 354 g/mol. The van der Waals surface area contributed by atoms with Crippen molar-refractivity contribution in [2.24, 2.45) is 0 Å². The molecule has 1 N–H and O–H groups in total. The van der Waals surface area contributed by atoms with Crippen LogP contribution in [0.1, 0.15) is 29.1 Å². The molecule has 0 saturated carbocycles. The van der Waals surface area contributed by atoms with Crippen molar-refractivity contribution in [1.82, 2.24) is 15.3 Å². The van der Waals surface area contributed by atoms with Crippen LogP contribution >= 0.6 is 27.3 Å². The second-order valence-electron chi connectivity index (χ2n) is 4.40. The standard InChI is InChI=1S/C14H18BrN3O2S/c1-5-16-11(9-6-8(2)13(15)21-9)12-14(20-4)18-10(19-3)7-17-12/h6-7,11,16H,5H2,1-4H3. The largest absolute Gasteiger partial charge is 0.480 e. The van der Waals surface area contributed by atoms with E-state index in [1.54, 1.807) is 31.8 Å². The average molecular weight is 372 g/mol. The minimum absolute atomic E-state index is 0.0571. The number of rotatable bonds is 6. The Morgan fingerprint density at radius 2 is 2.14 bits per heavy atom. The summed E-state index contributed by atoms with van der Waals surface area (Å²) in [5.41, 5.74) is 1.97. The van der Waals surface area contributed by atoms with E-state index in [0.717, 1.165) is 16.0 Å². The van der Waals surface area contributed by atoms with Gasteiger partial charge in [0.25, 0.3) is 0 Å². The van der Waals surface area contributed by atoms with Gasteiger partial charge in [0.05, 0.1) is 30.2 Å². The molecular formula is C14H18BrN3O2S. The molecule has 0 saturated heterocycles. The van der Waals surface area contributed by atoms with Crippen molar-refractivity contribution >= 4 is 27.3 Å². The number of hydrogen-bond acceptors (Lipinski definition) is 6. The summed E-state index contributed by atoms with van der Waals surface area (Å²) in [5, 5.41) is 3.43. The van der Waals surface area contributed by atoms with E-state index in [1.807, 2.05) is 0 Å². The van der Waals surface area contributed by atoms with E-state index in [-0.39, 0.29) is 6.04 Å². The number of ether oxygens (including phenoxy) is 2. The fourth-order valence-corrected chi connectivity index (χ4v) is 3.63. The Kier molecular flexibility index (Phi) is 5.55. The summed E-state index contributed by atoms with van der Waals surface area (Å²) in [5.74, 6) is 0.914. The zero-order valence-corrected chi connectivity index (χ0v) is 14.8. The molecule has 0 amide bonds. The maximum absolute atomic E-state index is 5.37. The molecule has 0 fully saturated rings. The lowest BCUT2D eigenvalue weighted by Crippen LogP contribution is -2.23. The van der Waals surface area contributed by atoms with E-state index in [9.17, 15) is 0 Å². The lowest BCUT2D eigenvalue weighted by atomic mass is 10.1. The van der Waals surface area contributed by atoms with Crippen molar-refractivity contribution in [3.05, 3.63) is 32.2 Å². The molecule has 0 radical (unpaired) electrons. The molecule has 21 heavy (non-hydrogen) atoms. The summed E-state index contributed by atoms with van der Waals surface area (Å²) in [6, 6.07) is 2.09. The van der Waals surface area contributed by atoms with Crippen LogP contribution in [0.15, 0.2) is 16.0 Å². The molecule has 0 aliphatic heterocycles. The van der Waals surface area contributed by atoms with Crippen molar-refractivity contribution in [2.75, 3.05) is 20.8 Å². The molecule has 0 spiro atoms. The van der Waals surface area contributed by atoms with E-state index in [1.165, 1.54) is 10.4 Å². The number of aryl methyl sites for hydroxylation is 1. The van der Waals surface area contributed by atoms with Gasteiger partial charge >= 0.3 is 0 Å². The summed E-state index contributed by atoms with van der Waals surface area (Å²) in [6.07, 6.45) is 1.61. The molecule has 1 unspecified atom stereocenters. The molecule has 1 atom stereocenters. The predicted octanol–water partition coefficient (Wildman–Crippen LogP) is 3.33. The smallest absolute Gasteiger partial charge is 0.240 e. The van der Waals surface area contributed by atoms with Gasteiger partial charge in [0.15, 0.2) is 0 Å². The summed E-state index contributed by atoms with van der Waals surface area (Å²) in [6.45, 7) is 4.95. The Balaban J connectivity index is 2.47. The van der Waals surface area contributed by atoms with Crippen LogP contribution in [0.4, 0.5) is 0 Å². The molecule has 7 heteroatoms. The quantitative estimate of drug-likeness (QED) is 0.843. The van der Waals surface area contributed by atoms with Gasteiger partial charge in [0.2, 0.25) is 11.8 Å². The third kappa shape index (κ3) is 3.53. The van der Waals surface area contributed by atoms with Gasteiger partial charge in [-0.3, -0.25) is 0 Å². The zero-order chi connectivity index (χ0) is 15.4. The fraction of sp³-hybridized carbons (Fsp3) is 0.429. The summed E-state index contributed by atoms with van der Waals surface area (Å²) in [7, 11) is 3.15. The predicted molar refractivity (Wildman–Crippen MR) is 87.4 cm³/mol. The van der Waals surface area contributed by atoms with Gasteiger partial charge in [0, 0.05) is 4.88 Å². The number of hydrogen-bond donors (Lipinski definition) is 1. The van der Waals surface area contributed by atoms with Crippen molar-refractivity contribution in [2.45, 2.75) is 19.9 Å². The highest BCUT2D eigenvalue weighted by atomic mass is 79.9. The molecule has 0 aliphatic rings. The van der Waals surface area contributed by atoms with E-state index in [0.29, 0.717) is 11.8 Å². The lowest BCUT2D eigenvalue weighted by Gasteiger charge is -2.18. The highest BCUT2D eigenvalue weighted by molar-refractivity contribution is 9.11. The molecule has 2 aromatic rings. The Bertz CT molecular complexity index is 599. The SMILES string of the molecule is CCNC(c1cc(C)c(Br)s1)c1ncc(OC)nc1OC. The summed E-state index contributed by atoms with van der Waals surface area (Å²) in [4.78, 5) is 9.95. The van der Waals surface area contributed by atoms with Crippen LogP contribution < -0.4 is 14.8 Å². The molecule has 0 aliphatic carbocycles. The number of methoxy groups -OCH3 is 2. The Hall–Kier alpha value is -1.18. The molecule has 5 nitrogen and oxygen atoms in total. The van der Waals surface area contributed by atoms with Gasteiger partial charge in [-0.15, -0.1) is 11.3 Å². The molecule has 2 aromatic heterocycles. The van der Waals surface area contributed by atoms with Crippen molar-refractivity contribution in [3.63, 3.8) is 0 Å². The van der Waals surface area contributed by atoms with E-state index < -0.39 is 0 Å². The lowest BCUT2D eigenvalue weighted by molar-refractivity contribution is 0.353. The summed E-state index contributed by atoms with van der Waals surface area (Å²) >= 11 is 5.26. The van der Waals surface area contributed by atoms with Crippen molar-refractivity contribution in [1.29, 1.82) is 0 Å². The number of nitrogens with zero attached hydrogens (tertiary/aromatic N) is 2. The highest BCUT2D eigenvalue weighted by Crippen LogP contribution is 2.36. The normalized spacial score (nSPS) is 12.2. The number of nitrogens with one attached hydrogen (secondary N) is 1. The van der Waals surface area contributed by atoms with E-state index in [2.05, 4.69) is 51.1 Å². The van der Waals surface area contributed by atoms with Gasteiger partial charge in [-0.05, 0) is 41.0 Å². The fourth-order valence-electron chi connectivity index (χ4n) is 1.97. The molecule has 2 rings (SSSR count). The number of aromatic nitrogens is 2. The Labute approximate surface area is 136 Å². The van der Waals surface area contributed by atoms with Crippen molar-refractivity contribution < 1.29 is 9.47 Å². The first kappa shape index (κ1) is 16.2. The molecule has 0 aromatic carbocycles. The minimum Gasteiger partial charge on any atom is -0.480 e. The summed E-state index contributed by atoms with van der Waals surface area (Å²) < 4.78 is 11.6. The topological polar surface area (TPSA) is 56.3 Å². The van der Waals surface area contributed by atoms with Crippen LogP contribution in [0.2, 0.25) is 0 Å². The van der Waals surface area contributed by atoms with Gasteiger partial charge in [-0.2, -0.15) is 4.98 Å². The van der Waals surface area contributed by atoms with Crippen LogP contribution in [0.3, 0.4) is 0 Å². The van der Waals surface area contributed by atoms with Gasteiger partial charge in [0.1, 0.15) is 5.69 Å². The second-order valence-corrected chi connectivity index (χ2v) is 6.80. The van der Waals surface area contributed by atoms with E-state index >= 15 is 0 Å². The third-order valence-electron chi connectivity index (χ3n) is 2.99. The molecule has 0 bridgehead atoms. The first-order chi connectivity index (χ1) is 10.1. The number of halogens is 1. The maximum Gasteiger partial charge on any atom is 0.240 e. The minimum atomic E-state index is -0.0571. The van der Waals surface area contributed by atoms with Crippen LogP contribution in [0, 0.1) is 6.92 Å². The van der Waals surface area contributed by atoms with Crippen LogP contribution in [0.25, 0.3) is 0 Å². The number of thiophene rings is 1.